The summed E-state index contributed by atoms with van der Waals surface area (Å²) < 4.78 is 12.9. The summed E-state index contributed by atoms with van der Waals surface area (Å²) in [4.78, 5) is 24.8. The molecule has 0 radical (unpaired) electrons. The van der Waals surface area contributed by atoms with Crippen molar-refractivity contribution >= 4 is 34.8 Å². The van der Waals surface area contributed by atoms with Gasteiger partial charge in [0.1, 0.15) is 29.6 Å². The summed E-state index contributed by atoms with van der Waals surface area (Å²) in [7, 11) is 3.47. The topological polar surface area (TPSA) is 118 Å². The molecule has 2 fully saturated rings. The molecule has 11 heteroatoms. The van der Waals surface area contributed by atoms with Crippen LogP contribution in [0.4, 0.5) is 23.3 Å². The van der Waals surface area contributed by atoms with Gasteiger partial charge in [0.15, 0.2) is 17.2 Å². The van der Waals surface area contributed by atoms with Crippen molar-refractivity contribution < 1.29 is 14.3 Å². The van der Waals surface area contributed by atoms with Gasteiger partial charge in [0.05, 0.1) is 24.4 Å². The van der Waals surface area contributed by atoms with Gasteiger partial charge in [0.2, 0.25) is 0 Å². The lowest BCUT2D eigenvalue weighted by molar-refractivity contribution is 0.00732. The van der Waals surface area contributed by atoms with Crippen LogP contribution in [0.15, 0.2) is 24.4 Å². The molecule has 3 N–H and O–H groups in total. The molecule has 34 heavy (non-hydrogen) atoms. The van der Waals surface area contributed by atoms with E-state index in [4.69, 9.17) is 19.4 Å². The first-order chi connectivity index (χ1) is 16.6. The van der Waals surface area contributed by atoms with Gasteiger partial charge in [-0.15, -0.1) is 0 Å². The second-order valence-electron chi connectivity index (χ2n) is 8.95. The monoisotopic (exact) mass is 464 g/mol. The molecule has 6 rings (SSSR count). The van der Waals surface area contributed by atoms with E-state index in [1.54, 1.807) is 24.9 Å². The van der Waals surface area contributed by atoms with E-state index in [0.717, 1.165) is 43.8 Å². The number of pyridine rings is 1. The summed E-state index contributed by atoms with van der Waals surface area (Å²) in [6, 6.07) is 6.06. The van der Waals surface area contributed by atoms with Crippen LogP contribution >= 0.6 is 0 Å². The van der Waals surface area contributed by atoms with Crippen molar-refractivity contribution in [1.82, 2.24) is 24.9 Å². The highest BCUT2D eigenvalue weighted by atomic mass is 16.5. The molecule has 3 atom stereocenters. The van der Waals surface area contributed by atoms with Crippen molar-refractivity contribution in [3.63, 3.8) is 0 Å². The number of hydrogen-bond donors (Lipinski definition) is 3. The molecule has 0 aromatic carbocycles. The Morgan fingerprint density at radius 1 is 1.21 bits per heavy atom. The number of rotatable bonds is 6. The number of fused-ring (bicyclic) bond motifs is 4. The molecule has 0 spiro atoms. The third-order valence-corrected chi connectivity index (χ3v) is 6.98. The molecular formula is C23H28N8O3. The Morgan fingerprint density at radius 2 is 2.12 bits per heavy atom. The maximum Gasteiger partial charge on any atom is 0.257 e. The second-order valence-corrected chi connectivity index (χ2v) is 8.95. The molecule has 2 aliphatic heterocycles. The molecule has 0 unspecified atom stereocenters. The lowest BCUT2D eigenvalue weighted by Gasteiger charge is -2.35. The number of hydrogen-bond acceptors (Lipinski definition) is 9. The van der Waals surface area contributed by atoms with Crippen LogP contribution in [0.1, 0.15) is 36.0 Å². The molecular weight excluding hydrogens is 436 g/mol. The first-order valence-corrected chi connectivity index (χ1v) is 11.7. The quantitative estimate of drug-likeness (QED) is 0.504. The SMILES string of the molecule is CNc1cc(Nc2ccc3c(n2)N2CCC[C@@H]2CO3)nc2c(C(=O)N[C@@H]3CC[C@H]3OC)cnn12. The smallest absolute Gasteiger partial charge is 0.257 e. The van der Waals surface area contributed by atoms with Gasteiger partial charge >= 0.3 is 0 Å². The summed E-state index contributed by atoms with van der Waals surface area (Å²) in [6.07, 6.45) is 5.72. The summed E-state index contributed by atoms with van der Waals surface area (Å²) in [5, 5.41) is 13.8. The lowest BCUT2D eigenvalue weighted by atomic mass is 9.89. The van der Waals surface area contributed by atoms with Gasteiger partial charge in [0, 0.05) is 26.8 Å². The van der Waals surface area contributed by atoms with Crippen molar-refractivity contribution in [3.05, 3.63) is 30.0 Å². The molecule has 1 saturated heterocycles. The maximum atomic E-state index is 13.0. The molecule has 178 valence electrons. The molecule has 11 nitrogen and oxygen atoms in total. The fraction of sp³-hybridized carbons (Fsp3) is 0.478. The van der Waals surface area contributed by atoms with E-state index in [0.29, 0.717) is 41.3 Å². The van der Waals surface area contributed by atoms with Gasteiger partial charge in [-0.3, -0.25) is 4.79 Å². The molecule has 1 saturated carbocycles. The summed E-state index contributed by atoms with van der Waals surface area (Å²) >= 11 is 0. The number of amides is 1. The molecule has 3 aromatic rings. The van der Waals surface area contributed by atoms with E-state index >= 15 is 0 Å². The highest BCUT2D eigenvalue weighted by Gasteiger charge is 2.34. The zero-order chi connectivity index (χ0) is 23.2. The fourth-order valence-electron chi connectivity index (χ4n) is 4.96. The van der Waals surface area contributed by atoms with E-state index in [9.17, 15) is 4.79 Å². The lowest BCUT2D eigenvalue weighted by Crippen LogP contribution is -2.51. The third-order valence-electron chi connectivity index (χ3n) is 6.98. The molecule has 3 aromatic heterocycles. The number of ether oxygens (including phenoxy) is 2. The number of nitrogens with one attached hydrogen (secondary N) is 3. The van der Waals surface area contributed by atoms with Gasteiger partial charge in [0.25, 0.3) is 5.91 Å². The van der Waals surface area contributed by atoms with Crippen LogP contribution < -0.4 is 25.6 Å². The average Bonchev–Trinajstić information content (AvgIpc) is 3.49. The van der Waals surface area contributed by atoms with Crippen molar-refractivity contribution in [2.24, 2.45) is 0 Å². The predicted octanol–water partition coefficient (Wildman–Crippen LogP) is 2.18. The second kappa shape index (κ2) is 8.32. The van der Waals surface area contributed by atoms with Crippen LogP contribution in [0.2, 0.25) is 0 Å². The standard InChI is InChI=1S/C23H28N8O3/c1-24-20-10-19(27-18-8-7-17-22(28-18)30-9-3-4-13(30)12-34-17)29-21-14(11-25-31(20)21)23(32)26-15-5-6-16(15)33-2/h7-8,10-11,13,15-16,24H,3-6,9,12H2,1-2H3,(H,26,32)(H,27,28,29)/t13-,15-,16-/m1/s1. The number of anilines is 4. The van der Waals surface area contributed by atoms with Crippen LogP contribution in [-0.2, 0) is 4.74 Å². The van der Waals surface area contributed by atoms with Crippen LogP contribution in [0.3, 0.4) is 0 Å². The Labute approximate surface area is 196 Å². The molecule has 1 aliphatic carbocycles. The Hall–Kier alpha value is -3.60. The van der Waals surface area contributed by atoms with Crippen LogP contribution in [0, 0.1) is 0 Å². The predicted molar refractivity (Wildman–Crippen MR) is 127 cm³/mol. The van der Waals surface area contributed by atoms with Crippen LogP contribution in [-0.4, -0.2) is 71.0 Å². The van der Waals surface area contributed by atoms with E-state index in [2.05, 4.69) is 25.9 Å². The Bertz CT molecular complexity index is 1240. The van der Waals surface area contributed by atoms with Crippen molar-refractivity contribution in [2.45, 2.75) is 43.9 Å². The Kier molecular flexibility index (Phi) is 5.13. The fourth-order valence-corrected chi connectivity index (χ4v) is 4.96. The van der Waals surface area contributed by atoms with Gasteiger partial charge in [-0.25, -0.2) is 9.97 Å². The number of carbonyl (C=O) groups excluding carboxylic acids is 1. The minimum Gasteiger partial charge on any atom is -0.488 e. The minimum absolute atomic E-state index is 0.00820. The van der Waals surface area contributed by atoms with Gasteiger partial charge < -0.3 is 30.3 Å². The van der Waals surface area contributed by atoms with Gasteiger partial charge in [-0.2, -0.15) is 9.61 Å². The summed E-state index contributed by atoms with van der Waals surface area (Å²) in [6.45, 7) is 1.70. The number of aromatic nitrogens is 4. The van der Waals surface area contributed by atoms with E-state index < -0.39 is 0 Å². The average molecular weight is 465 g/mol. The van der Waals surface area contributed by atoms with Gasteiger partial charge in [-0.05, 0) is 37.8 Å². The molecule has 3 aliphatic rings. The summed E-state index contributed by atoms with van der Waals surface area (Å²) in [5.74, 6) is 3.39. The zero-order valence-electron chi connectivity index (χ0n) is 19.2. The van der Waals surface area contributed by atoms with Crippen molar-refractivity contribution in [3.8, 4) is 5.75 Å². The maximum absolute atomic E-state index is 13.0. The van der Waals surface area contributed by atoms with Crippen molar-refractivity contribution in [1.29, 1.82) is 0 Å². The minimum atomic E-state index is -0.211. The zero-order valence-corrected chi connectivity index (χ0v) is 19.2. The summed E-state index contributed by atoms with van der Waals surface area (Å²) in [5.41, 5.74) is 0.870. The van der Waals surface area contributed by atoms with Crippen LogP contribution in [0.5, 0.6) is 5.75 Å². The molecule has 5 heterocycles. The molecule has 1 amide bonds. The normalized spacial score (nSPS) is 23.0. The number of carbonyl (C=O) groups is 1. The highest BCUT2D eigenvalue weighted by Crippen LogP contribution is 2.37. The van der Waals surface area contributed by atoms with Gasteiger partial charge in [-0.1, -0.05) is 0 Å². The first-order valence-electron chi connectivity index (χ1n) is 11.7. The Balaban J connectivity index is 1.30. The van der Waals surface area contributed by atoms with E-state index in [1.807, 2.05) is 18.2 Å². The van der Waals surface area contributed by atoms with E-state index in [1.165, 1.54) is 0 Å². The van der Waals surface area contributed by atoms with Crippen molar-refractivity contribution in [2.75, 3.05) is 42.8 Å². The van der Waals surface area contributed by atoms with Crippen LogP contribution in [0.25, 0.3) is 5.65 Å². The number of nitrogens with zero attached hydrogens (tertiary/aromatic N) is 5. The van der Waals surface area contributed by atoms with E-state index in [-0.39, 0.29) is 18.1 Å². The molecule has 0 bridgehead atoms. The Morgan fingerprint density at radius 3 is 2.91 bits per heavy atom. The largest absolute Gasteiger partial charge is 0.488 e. The third kappa shape index (κ3) is 3.47. The highest BCUT2D eigenvalue weighted by molar-refractivity contribution is 6.00. The first kappa shape index (κ1) is 21.0. The number of methoxy groups -OCH3 is 1.